The maximum atomic E-state index is 13.4. The predicted octanol–water partition coefficient (Wildman–Crippen LogP) is 3.22. The van der Waals surface area contributed by atoms with Crippen LogP contribution in [0.15, 0.2) is 32.9 Å². The molecule has 1 aromatic carbocycles. The summed E-state index contributed by atoms with van der Waals surface area (Å²) in [7, 11) is -3.77. The van der Waals surface area contributed by atoms with Crippen molar-refractivity contribution >= 4 is 43.0 Å². The van der Waals surface area contributed by atoms with Gasteiger partial charge in [0.25, 0.3) is 10.0 Å². The van der Waals surface area contributed by atoms with Gasteiger partial charge in [0, 0.05) is 11.4 Å². The maximum absolute atomic E-state index is 13.4. The SMILES string of the molecule is Cc1csc(CN)c1S(=O)(=O)Nc1ccc(Br)c(F)c1. The van der Waals surface area contributed by atoms with E-state index in [1.54, 1.807) is 12.3 Å². The molecular weight excluding hydrogens is 367 g/mol. The number of anilines is 1. The Balaban J connectivity index is 2.40. The van der Waals surface area contributed by atoms with Crippen molar-refractivity contribution in [3.63, 3.8) is 0 Å². The molecule has 0 saturated carbocycles. The topological polar surface area (TPSA) is 72.2 Å². The van der Waals surface area contributed by atoms with Crippen molar-refractivity contribution < 1.29 is 12.8 Å². The van der Waals surface area contributed by atoms with Gasteiger partial charge in [0.2, 0.25) is 0 Å². The number of sulfonamides is 1. The minimum atomic E-state index is -3.77. The molecule has 0 amide bonds. The van der Waals surface area contributed by atoms with E-state index in [4.69, 9.17) is 5.73 Å². The standard InChI is InChI=1S/C12H12BrFN2O2S2/c1-7-6-19-11(5-15)12(7)20(17,18)16-8-2-3-9(13)10(14)4-8/h2-4,6,16H,5,15H2,1H3. The molecule has 1 aromatic heterocycles. The quantitative estimate of drug-likeness (QED) is 0.857. The van der Waals surface area contributed by atoms with E-state index in [1.807, 2.05) is 0 Å². The van der Waals surface area contributed by atoms with Crippen LogP contribution in [0.2, 0.25) is 0 Å². The number of halogens is 2. The Kier molecular flexibility index (Phi) is 4.48. The molecule has 0 aliphatic rings. The first-order valence-corrected chi connectivity index (χ1v) is 8.75. The maximum Gasteiger partial charge on any atom is 0.263 e. The summed E-state index contributed by atoms with van der Waals surface area (Å²) >= 11 is 4.31. The van der Waals surface area contributed by atoms with Crippen LogP contribution < -0.4 is 10.5 Å². The summed E-state index contributed by atoms with van der Waals surface area (Å²) in [5.41, 5.74) is 6.34. The Morgan fingerprint density at radius 1 is 1.45 bits per heavy atom. The van der Waals surface area contributed by atoms with E-state index in [1.165, 1.54) is 23.5 Å². The van der Waals surface area contributed by atoms with Gasteiger partial charge in [0.05, 0.1) is 10.2 Å². The van der Waals surface area contributed by atoms with Crippen LogP contribution in [0.5, 0.6) is 0 Å². The van der Waals surface area contributed by atoms with Crippen LogP contribution in [0.1, 0.15) is 10.4 Å². The Morgan fingerprint density at radius 3 is 2.75 bits per heavy atom. The van der Waals surface area contributed by atoms with E-state index >= 15 is 0 Å². The number of aryl methyl sites for hydroxylation is 1. The van der Waals surface area contributed by atoms with Crippen molar-refractivity contribution in [2.24, 2.45) is 5.73 Å². The van der Waals surface area contributed by atoms with E-state index in [9.17, 15) is 12.8 Å². The molecule has 2 rings (SSSR count). The minimum Gasteiger partial charge on any atom is -0.326 e. The second-order valence-corrected chi connectivity index (χ2v) is 7.55. The molecule has 0 radical (unpaired) electrons. The fourth-order valence-corrected chi connectivity index (χ4v) is 4.76. The summed E-state index contributed by atoms with van der Waals surface area (Å²) in [6.45, 7) is 1.84. The van der Waals surface area contributed by atoms with E-state index in [0.717, 1.165) is 6.07 Å². The molecule has 0 aliphatic heterocycles. The average Bonchev–Trinajstić information content (AvgIpc) is 2.75. The summed E-state index contributed by atoms with van der Waals surface area (Å²) in [6.07, 6.45) is 0. The van der Waals surface area contributed by atoms with Crippen LogP contribution in [0.4, 0.5) is 10.1 Å². The lowest BCUT2D eigenvalue weighted by atomic mass is 10.3. The molecule has 0 fully saturated rings. The molecule has 1 heterocycles. The fraction of sp³-hybridized carbons (Fsp3) is 0.167. The van der Waals surface area contributed by atoms with Gasteiger partial charge < -0.3 is 5.73 Å². The van der Waals surface area contributed by atoms with Gasteiger partial charge in [0.1, 0.15) is 10.7 Å². The van der Waals surface area contributed by atoms with Crippen molar-refractivity contribution in [2.45, 2.75) is 18.4 Å². The molecule has 0 saturated heterocycles. The number of nitrogens with two attached hydrogens (primary N) is 1. The van der Waals surface area contributed by atoms with Gasteiger partial charge in [-0.1, -0.05) is 0 Å². The zero-order valence-corrected chi connectivity index (χ0v) is 13.7. The summed E-state index contributed by atoms with van der Waals surface area (Å²) in [5.74, 6) is -0.536. The second kappa shape index (κ2) is 5.80. The van der Waals surface area contributed by atoms with Crippen LogP contribution in [0, 0.1) is 12.7 Å². The molecule has 0 unspecified atom stereocenters. The van der Waals surface area contributed by atoms with Crippen LogP contribution in [-0.2, 0) is 16.6 Å². The van der Waals surface area contributed by atoms with Gasteiger partial charge in [-0.2, -0.15) is 0 Å². The number of rotatable bonds is 4. The van der Waals surface area contributed by atoms with Gasteiger partial charge in [-0.05, 0) is 52.0 Å². The van der Waals surface area contributed by atoms with Gasteiger partial charge in [-0.3, -0.25) is 4.72 Å². The summed E-state index contributed by atoms with van der Waals surface area (Å²) < 4.78 is 40.8. The summed E-state index contributed by atoms with van der Waals surface area (Å²) in [6, 6.07) is 4.04. The van der Waals surface area contributed by atoms with Crippen LogP contribution in [0.25, 0.3) is 0 Å². The highest BCUT2D eigenvalue weighted by atomic mass is 79.9. The highest BCUT2D eigenvalue weighted by Crippen LogP contribution is 2.29. The van der Waals surface area contributed by atoms with Crippen molar-refractivity contribution in [3.05, 3.63) is 44.3 Å². The number of hydrogen-bond acceptors (Lipinski definition) is 4. The van der Waals surface area contributed by atoms with Crippen LogP contribution >= 0.6 is 27.3 Å². The summed E-state index contributed by atoms with van der Waals surface area (Å²) in [4.78, 5) is 0.751. The second-order valence-electron chi connectivity index (χ2n) is 4.11. The Hall–Kier alpha value is -0.960. The molecule has 3 N–H and O–H groups in total. The molecule has 8 heteroatoms. The molecule has 2 aromatic rings. The minimum absolute atomic E-state index is 0.142. The first-order chi connectivity index (χ1) is 9.35. The average molecular weight is 379 g/mol. The van der Waals surface area contributed by atoms with E-state index in [-0.39, 0.29) is 21.6 Å². The molecule has 0 atom stereocenters. The largest absolute Gasteiger partial charge is 0.326 e. The zero-order valence-electron chi connectivity index (χ0n) is 10.5. The normalized spacial score (nSPS) is 11.6. The third kappa shape index (κ3) is 3.03. The molecule has 20 heavy (non-hydrogen) atoms. The van der Waals surface area contributed by atoms with Crippen molar-refractivity contribution in [1.29, 1.82) is 0 Å². The number of hydrogen-bond donors (Lipinski definition) is 2. The molecular formula is C12H12BrFN2O2S2. The highest BCUT2D eigenvalue weighted by molar-refractivity contribution is 9.10. The Morgan fingerprint density at radius 2 is 2.15 bits per heavy atom. The van der Waals surface area contributed by atoms with E-state index < -0.39 is 15.8 Å². The highest BCUT2D eigenvalue weighted by Gasteiger charge is 2.22. The number of thiophene rings is 1. The Bertz CT molecular complexity index is 744. The van der Waals surface area contributed by atoms with Gasteiger partial charge >= 0.3 is 0 Å². The van der Waals surface area contributed by atoms with Crippen LogP contribution in [-0.4, -0.2) is 8.42 Å². The third-order valence-electron chi connectivity index (χ3n) is 2.62. The molecule has 0 bridgehead atoms. The summed E-state index contributed by atoms with van der Waals surface area (Å²) in [5, 5.41) is 1.74. The van der Waals surface area contributed by atoms with Gasteiger partial charge in [-0.25, -0.2) is 12.8 Å². The van der Waals surface area contributed by atoms with Crippen molar-refractivity contribution in [1.82, 2.24) is 0 Å². The fourth-order valence-electron chi connectivity index (χ4n) is 1.75. The first kappa shape index (κ1) is 15.4. The van der Waals surface area contributed by atoms with Crippen molar-refractivity contribution in [3.8, 4) is 0 Å². The van der Waals surface area contributed by atoms with Gasteiger partial charge in [-0.15, -0.1) is 11.3 Å². The smallest absolute Gasteiger partial charge is 0.263 e. The first-order valence-electron chi connectivity index (χ1n) is 5.60. The zero-order chi connectivity index (χ0) is 14.9. The molecule has 108 valence electrons. The molecule has 0 spiro atoms. The third-order valence-corrected chi connectivity index (χ3v) is 6.12. The van der Waals surface area contributed by atoms with Crippen molar-refractivity contribution in [2.75, 3.05) is 4.72 Å². The lowest BCUT2D eigenvalue weighted by molar-refractivity contribution is 0.600. The number of nitrogens with one attached hydrogen (secondary N) is 1. The lowest BCUT2D eigenvalue weighted by Crippen LogP contribution is -2.16. The predicted molar refractivity (Wildman–Crippen MR) is 81.9 cm³/mol. The van der Waals surface area contributed by atoms with E-state index in [2.05, 4.69) is 20.7 Å². The molecule has 4 nitrogen and oxygen atoms in total. The monoisotopic (exact) mass is 378 g/mol. The van der Waals surface area contributed by atoms with Crippen LogP contribution in [0.3, 0.4) is 0 Å². The van der Waals surface area contributed by atoms with Gasteiger partial charge in [0.15, 0.2) is 0 Å². The Labute approximate surface area is 129 Å². The molecule has 0 aliphatic carbocycles. The van der Waals surface area contributed by atoms with E-state index in [0.29, 0.717) is 10.4 Å². The lowest BCUT2D eigenvalue weighted by Gasteiger charge is -2.10. The number of benzene rings is 1.